The molecule has 1 aromatic rings. The molecule has 1 N–H and O–H groups in total. The molecule has 3 nitrogen and oxygen atoms in total. The van der Waals surface area contributed by atoms with Gasteiger partial charge in [0.15, 0.2) is 0 Å². The van der Waals surface area contributed by atoms with Crippen LogP contribution < -0.4 is 0 Å². The highest BCUT2D eigenvalue weighted by atomic mass is 79.9. The fourth-order valence-corrected chi connectivity index (χ4v) is 2.48. The van der Waals surface area contributed by atoms with Crippen LogP contribution >= 0.6 is 15.9 Å². The van der Waals surface area contributed by atoms with Gasteiger partial charge in [-0.1, -0.05) is 35.8 Å². The largest absolute Gasteiger partial charge is 0.391 e. The molecule has 0 saturated carbocycles. The van der Waals surface area contributed by atoms with Crippen LogP contribution in [0.2, 0.25) is 0 Å². The van der Waals surface area contributed by atoms with Gasteiger partial charge in [0.25, 0.3) is 5.91 Å². The van der Waals surface area contributed by atoms with Gasteiger partial charge in [0.2, 0.25) is 0 Å². The zero-order valence-electron chi connectivity index (χ0n) is 9.98. The van der Waals surface area contributed by atoms with Crippen molar-refractivity contribution in [1.29, 1.82) is 0 Å². The Labute approximate surface area is 110 Å². The van der Waals surface area contributed by atoms with Gasteiger partial charge in [-0.2, -0.15) is 0 Å². The first kappa shape index (κ1) is 12.6. The molecule has 1 heterocycles. The number of halogens is 1. The van der Waals surface area contributed by atoms with Gasteiger partial charge < -0.3 is 10.0 Å². The van der Waals surface area contributed by atoms with E-state index in [0.29, 0.717) is 18.7 Å². The van der Waals surface area contributed by atoms with Gasteiger partial charge in [-0.25, -0.2) is 0 Å². The molecule has 2 rings (SSSR count). The van der Waals surface area contributed by atoms with Crippen LogP contribution in [0.3, 0.4) is 0 Å². The fraction of sp³-hybridized carbons (Fsp3) is 0.462. The summed E-state index contributed by atoms with van der Waals surface area (Å²) >= 11 is 3.35. The zero-order valence-corrected chi connectivity index (χ0v) is 11.6. The summed E-state index contributed by atoms with van der Waals surface area (Å²) in [6.07, 6.45) is -0.446. The molecule has 1 fully saturated rings. The summed E-state index contributed by atoms with van der Waals surface area (Å²) in [5.74, 6) is -0.0177. The molecule has 0 bridgehead atoms. The number of hydrogen-bond donors (Lipinski definition) is 1. The summed E-state index contributed by atoms with van der Waals surface area (Å²) in [6, 6.07) is 7.33. The Bertz CT molecular complexity index is 445. The van der Waals surface area contributed by atoms with E-state index in [1.54, 1.807) is 17.0 Å². The van der Waals surface area contributed by atoms with Crippen molar-refractivity contribution in [3.05, 3.63) is 34.3 Å². The molecule has 17 heavy (non-hydrogen) atoms. The lowest BCUT2D eigenvalue weighted by molar-refractivity contribution is 0.0762. The number of aliphatic hydroxyl groups excluding tert-OH is 1. The molecule has 0 radical (unpaired) electrons. The summed E-state index contributed by atoms with van der Waals surface area (Å²) in [6.45, 7) is 4.97. The number of likely N-dealkylation sites (tertiary alicyclic amines) is 1. The van der Waals surface area contributed by atoms with E-state index >= 15 is 0 Å². The molecule has 0 aromatic heterocycles. The first-order valence-electron chi connectivity index (χ1n) is 5.63. The molecule has 1 aromatic carbocycles. The van der Waals surface area contributed by atoms with Crippen LogP contribution in [0.1, 0.15) is 24.2 Å². The molecule has 0 spiro atoms. The van der Waals surface area contributed by atoms with Gasteiger partial charge in [-0.15, -0.1) is 0 Å². The van der Waals surface area contributed by atoms with Gasteiger partial charge in [0, 0.05) is 28.5 Å². The van der Waals surface area contributed by atoms with E-state index in [2.05, 4.69) is 15.9 Å². The number of benzene rings is 1. The highest BCUT2D eigenvalue weighted by Gasteiger charge is 2.40. The Balaban J connectivity index is 2.18. The van der Waals surface area contributed by atoms with Crippen LogP contribution in [0, 0.1) is 5.41 Å². The Hall–Kier alpha value is -0.870. The third-order valence-electron chi connectivity index (χ3n) is 3.25. The number of nitrogens with zero attached hydrogens (tertiary/aromatic N) is 1. The minimum atomic E-state index is -0.446. The smallest absolute Gasteiger partial charge is 0.254 e. The SMILES string of the molecule is CC1(C)CN(C(=O)c2cccc(Br)c2)C[C@@H]1O. The number of amides is 1. The van der Waals surface area contributed by atoms with Crippen LogP contribution in [0.15, 0.2) is 28.7 Å². The summed E-state index contributed by atoms with van der Waals surface area (Å²) < 4.78 is 0.891. The topological polar surface area (TPSA) is 40.5 Å². The Morgan fingerprint density at radius 3 is 2.76 bits per heavy atom. The minimum absolute atomic E-state index is 0.0177. The predicted octanol–water partition coefficient (Wildman–Crippen LogP) is 2.29. The van der Waals surface area contributed by atoms with Crippen LogP contribution in [-0.2, 0) is 0 Å². The zero-order chi connectivity index (χ0) is 12.6. The quantitative estimate of drug-likeness (QED) is 0.864. The number of carbonyl (C=O) groups excluding carboxylic acids is 1. The number of aliphatic hydroxyl groups is 1. The molecule has 1 amide bonds. The Morgan fingerprint density at radius 2 is 2.24 bits per heavy atom. The maximum atomic E-state index is 12.2. The van der Waals surface area contributed by atoms with E-state index in [-0.39, 0.29) is 11.3 Å². The van der Waals surface area contributed by atoms with Crippen LogP contribution in [-0.4, -0.2) is 35.1 Å². The summed E-state index contributed by atoms with van der Waals surface area (Å²) in [7, 11) is 0. The van der Waals surface area contributed by atoms with Crippen molar-refractivity contribution in [1.82, 2.24) is 4.90 Å². The standard InChI is InChI=1S/C13H16BrNO2/c1-13(2)8-15(7-11(13)16)12(17)9-4-3-5-10(14)6-9/h3-6,11,16H,7-8H2,1-2H3/t11-/m0/s1. The van der Waals surface area contributed by atoms with Crippen LogP contribution in [0.25, 0.3) is 0 Å². The van der Waals surface area contributed by atoms with Crippen molar-refractivity contribution in [3.8, 4) is 0 Å². The summed E-state index contributed by atoms with van der Waals surface area (Å²) in [5.41, 5.74) is 0.436. The number of hydrogen-bond acceptors (Lipinski definition) is 2. The lowest BCUT2D eigenvalue weighted by Gasteiger charge is -2.21. The Kier molecular flexibility index (Phi) is 3.27. The van der Waals surface area contributed by atoms with Gasteiger partial charge in [0.05, 0.1) is 6.10 Å². The van der Waals surface area contributed by atoms with Crippen LogP contribution in [0.5, 0.6) is 0 Å². The van der Waals surface area contributed by atoms with Crippen molar-refractivity contribution in [2.24, 2.45) is 5.41 Å². The fourth-order valence-electron chi connectivity index (χ4n) is 2.08. The molecule has 4 heteroatoms. The molecule has 1 atom stereocenters. The average Bonchev–Trinajstić information content (AvgIpc) is 2.52. The lowest BCUT2D eigenvalue weighted by atomic mass is 9.90. The third-order valence-corrected chi connectivity index (χ3v) is 3.75. The summed E-state index contributed by atoms with van der Waals surface area (Å²) in [5, 5.41) is 9.87. The second-order valence-electron chi connectivity index (χ2n) is 5.20. The number of rotatable bonds is 1. The first-order valence-corrected chi connectivity index (χ1v) is 6.42. The van der Waals surface area contributed by atoms with Crippen molar-refractivity contribution in [2.75, 3.05) is 13.1 Å². The normalized spacial score (nSPS) is 22.8. The molecule has 92 valence electrons. The molecule has 1 saturated heterocycles. The van der Waals surface area contributed by atoms with Crippen LogP contribution in [0.4, 0.5) is 0 Å². The minimum Gasteiger partial charge on any atom is -0.391 e. The Morgan fingerprint density at radius 1 is 1.53 bits per heavy atom. The molecule has 0 aliphatic carbocycles. The van der Waals surface area contributed by atoms with Gasteiger partial charge >= 0.3 is 0 Å². The van der Waals surface area contributed by atoms with Crippen molar-refractivity contribution in [3.63, 3.8) is 0 Å². The lowest BCUT2D eigenvalue weighted by Crippen LogP contribution is -2.30. The summed E-state index contributed by atoms with van der Waals surface area (Å²) in [4.78, 5) is 13.9. The second-order valence-corrected chi connectivity index (χ2v) is 6.12. The van der Waals surface area contributed by atoms with E-state index in [0.717, 1.165) is 4.47 Å². The second kappa shape index (κ2) is 4.42. The van der Waals surface area contributed by atoms with Crippen molar-refractivity contribution in [2.45, 2.75) is 20.0 Å². The first-order chi connectivity index (χ1) is 7.90. The maximum Gasteiger partial charge on any atom is 0.254 e. The molecule has 0 unspecified atom stereocenters. The van der Waals surface area contributed by atoms with E-state index in [1.807, 2.05) is 26.0 Å². The number of β-amino-alcohol motifs (C(OH)–C–C–N with tert-alkyl or cyclic N) is 1. The van der Waals surface area contributed by atoms with E-state index < -0.39 is 6.10 Å². The third kappa shape index (κ3) is 2.53. The van der Waals surface area contributed by atoms with E-state index in [4.69, 9.17) is 0 Å². The van der Waals surface area contributed by atoms with Gasteiger partial charge in [-0.3, -0.25) is 4.79 Å². The van der Waals surface area contributed by atoms with Crippen molar-refractivity contribution >= 4 is 21.8 Å². The average molecular weight is 298 g/mol. The van der Waals surface area contributed by atoms with E-state index in [1.165, 1.54) is 0 Å². The highest BCUT2D eigenvalue weighted by Crippen LogP contribution is 2.30. The van der Waals surface area contributed by atoms with Crippen molar-refractivity contribution < 1.29 is 9.90 Å². The molecular formula is C13H16BrNO2. The molecular weight excluding hydrogens is 282 g/mol. The monoisotopic (exact) mass is 297 g/mol. The van der Waals surface area contributed by atoms with E-state index in [9.17, 15) is 9.90 Å². The van der Waals surface area contributed by atoms with Gasteiger partial charge in [-0.05, 0) is 18.2 Å². The predicted molar refractivity (Wildman–Crippen MR) is 69.8 cm³/mol. The molecule has 1 aliphatic heterocycles. The number of carbonyl (C=O) groups is 1. The maximum absolute atomic E-state index is 12.2. The molecule has 1 aliphatic rings. The highest BCUT2D eigenvalue weighted by molar-refractivity contribution is 9.10. The van der Waals surface area contributed by atoms with Gasteiger partial charge in [0.1, 0.15) is 0 Å².